The highest BCUT2D eigenvalue weighted by molar-refractivity contribution is 6.30. The molecule has 4 fully saturated rings. The molecule has 2 amide bonds. The second-order valence-electron chi connectivity index (χ2n) is 24.9. The molecule has 0 aromatic heterocycles. The molecule has 0 aliphatic carbocycles. The van der Waals surface area contributed by atoms with Crippen LogP contribution in [0.5, 0.6) is 23.0 Å². The van der Waals surface area contributed by atoms with Gasteiger partial charge in [-0.2, -0.15) is 11.8 Å². The predicted octanol–water partition coefficient (Wildman–Crippen LogP) is 11.6. The van der Waals surface area contributed by atoms with Crippen LogP contribution in [0.4, 0.5) is 27.2 Å². The van der Waals surface area contributed by atoms with Gasteiger partial charge in [0.15, 0.2) is 34.8 Å². The molecule has 564 valence electrons. The Balaban J connectivity index is 0.000000169. The van der Waals surface area contributed by atoms with Gasteiger partial charge in [-0.3, -0.25) is 19.6 Å². The molecule has 12 rings (SSSR count). The fourth-order valence-electron chi connectivity index (χ4n) is 12.5. The van der Waals surface area contributed by atoms with Crippen molar-refractivity contribution in [2.75, 3.05) is 132 Å². The molecule has 0 radical (unpaired) electrons. The summed E-state index contributed by atoms with van der Waals surface area (Å²) in [6.07, 6.45) is -1.24. The van der Waals surface area contributed by atoms with E-state index < -0.39 is 71.0 Å². The van der Waals surface area contributed by atoms with E-state index in [1.54, 1.807) is 9.80 Å². The zero-order valence-electron chi connectivity index (χ0n) is 58.9. The number of nitrogens with one attached hydrogen (secondary N) is 2. The average Bonchev–Trinajstić information content (AvgIpc) is 1.17. The van der Waals surface area contributed by atoms with Gasteiger partial charge in [-0.05, 0) is 106 Å². The van der Waals surface area contributed by atoms with Gasteiger partial charge in [0, 0.05) is 116 Å². The number of carbonyl (C=O) groups excluding carboxylic acids is 4. The van der Waals surface area contributed by atoms with Crippen molar-refractivity contribution < 1.29 is 74.8 Å². The van der Waals surface area contributed by atoms with Gasteiger partial charge in [-0.15, -0.1) is 0 Å². The lowest BCUT2D eigenvalue weighted by atomic mass is 9.96. The van der Waals surface area contributed by atoms with Crippen molar-refractivity contribution in [3.05, 3.63) is 261 Å². The van der Waals surface area contributed by atoms with Crippen LogP contribution in [0.25, 0.3) is 0 Å². The maximum absolute atomic E-state index is 14.7. The van der Waals surface area contributed by atoms with E-state index >= 15 is 0 Å². The molecule has 4 saturated heterocycles. The van der Waals surface area contributed by atoms with Crippen molar-refractivity contribution in [3.8, 4) is 23.0 Å². The maximum atomic E-state index is 14.7. The largest absolute Gasteiger partial charge is 0.451 e. The molecule has 0 unspecified atom stereocenters. The molecule has 106 heavy (non-hydrogen) atoms. The van der Waals surface area contributed by atoms with Gasteiger partial charge >= 0.3 is 24.1 Å². The van der Waals surface area contributed by atoms with Gasteiger partial charge in [0.2, 0.25) is 0 Å². The number of hydrogen-bond donors (Lipinski definition) is 4. The lowest BCUT2D eigenvalue weighted by Crippen LogP contribution is -2.58. The topological polar surface area (TPSA) is 238 Å². The van der Waals surface area contributed by atoms with E-state index in [4.69, 9.17) is 63.4 Å². The average molecular weight is 1500 g/mol. The van der Waals surface area contributed by atoms with Crippen molar-refractivity contribution in [1.82, 2.24) is 40.0 Å². The Kier molecular flexibility index (Phi) is 32.2. The quantitative estimate of drug-likeness (QED) is 0.0280. The summed E-state index contributed by atoms with van der Waals surface area (Å²) >= 11 is 11.6. The predicted molar refractivity (Wildman–Crippen MR) is 393 cm³/mol. The van der Waals surface area contributed by atoms with Gasteiger partial charge in [-0.25, -0.2) is 36.7 Å². The highest BCUT2D eigenvalue weighted by atomic mass is 35.5. The smallest absolute Gasteiger partial charge is 0.409 e. The highest BCUT2D eigenvalue weighted by Gasteiger charge is 2.38. The third-order valence-electron chi connectivity index (χ3n) is 17.8. The Morgan fingerprint density at radius 2 is 0.736 bits per heavy atom. The van der Waals surface area contributed by atoms with Crippen LogP contribution >= 0.6 is 23.2 Å². The highest BCUT2D eigenvalue weighted by Crippen LogP contribution is 2.34. The summed E-state index contributed by atoms with van der Waals surface area (Å²) in [6, 6.07) is 58.7. The molecule has 4 aliphatic heterocycles. The van der Waals surface area contributed by atoms with E-state index in [9.17, 15) is 36.7 Å². The lowest BCUT2D eigenvalue weighted by Gasteiger charge is -2.39. The Morgan fingerprint density at radius 3 is 1.02 bits per heavy atom. The molecule has 0 bridgehead atoms. The van der Waals surface area contributed by atoms with Crippen LogP contribution in [0, 0.1) is 23.3 Å². The zero-order chi connectivity index (χ0) is 75.2. The minimum Gasteiger partial charge on any atom is -0.451 e. The minimum atomic E-state index is -0.954. The number of halogens is 6. The summed E-state index contributed by atoms with van der Waals surface area (Å²) in [5, 5.41) is 7.77. The number of methoxy groups -OCH3 is 2. The van der Waals surface area contributed by atoms with Gasteiger partial charge in [0.25, 0.3) is 0 Å². The summed E-state index contributed by atoms with van der Waals surface area (Å²) in [7, 11) is 2.95. The minimum absolute atomic E-state index is 0.00138. The number of benzene rings is 8. The lowest BCUT2D eigenvalue weighted by molar-refractivity contribution is -0.154. The van der Waals surface area contributed by atoms with Crippen molar-refractivity contribution in [2.24, 2.45) is 11.8 Å². The monoisotopic (exact) mass is 1500 g/mol. The van der Waals surface area contributed by atoms with Crippen molar-refractivity contribution in [3.63, 3.8) is 0 Å². The van der Waals surface area contributed by atoms with Crippen LogP contribution < -0.4 is 31.9 Å². The molecule has 28 heteroatoms. The number of carbonyl (C=O) groups is 4. The van der Waals surface area contributed by atoms with E-state index in [0.717, 1.165) is 76.6 Å². The summed E-state index contributed by atoms with van der Waals surface area (Å²) in [5.74, 6) is 4.18. The number of ether oxygens (including phenoxy) is 6. The van der Waals surface area contributed by atoms with Gasteiger partial charge in [0.05, 0.1) is 38.4 Å². The molecule has 6 N–H and O–H groups in total. The van der Waals surface area contributed by atoms with E-state index in [0.29, 0.717) is 22.1 Å². The molecule has 0 saturated carbocycles. The molecular formula is C78H88Cl2F4N10O12. The van der Waals surface area contributed by atoms with Crippen LogP contribution in [-0.2, 0) is 51.3 Å². The molecule has 2 atom stereocenters. The van der Waals surface area contributed by atoms with E-state index in [1.165, 1.54) is 94.8 Å². The summed E-state index contributed by atoms with van der Waals surface area (Å²) < 4.78 is 89.1. The van der Waals surface area contributed by atoms with Gasteiger partial charge in [0.1, 0.15) is 36.8 Å². The summed E-state index contributed by atoms with van der Waals surface area (Å²) in [4.78, 5) is 68.7. The molecule has 4 aliphatic rings. The second kappa shape index (κ2) is 42.2. The van der Waals surface area contributed by atoms with Crippen molar-refractivity contribution >= 4 is 47.3 Å². The first kappa shape index (κ1) is 80.8. The SMILES string of the molecule is COCCOC(=O)N1CCN(Cc2cc(F)c(Oc3ccc(Cl)cc3)c(F)c2)[C@@H](C(=O)ON)C1.COCCOC(=O)N1CCN(Cc2cc(F)c(Oc3ccc(Cl)cc3)c(F)c2)[C@@H](C(=O)ON)C1.c1ccc(C(c2ccccc2)N2CCNCC2)cc1.c1ccc(C(c2ccccc2)N2CCNCC2)cc1. The van der Waals surface area contributed by atoms with Crippen LogP contribution in [0.2, 0.25) is 10.0 Å². The standard InChI is InChI=1S/2C22H24ClF2N3O6.2C17H20N2/c2*1-31-8-9-32-22(30)28-7-6-27(19(13-28)21(29)34-26)12-14-10-17(24)20(18(25)11-14)33-16-4-2-15(23)3-5-16;2*1-3-7-15(8-4-1)17(16-9-5-2-6-10-16)19-13-11-18-12-14-19/h2*2-5,10-11,19H,6-9,12-13,26H2,1H3;2*1-10,17-18H,11-14H2/t2*19-;;/m11../s1. The Morgan fingerprint density at radius 1 is 0.434 bits per heavy atom. The maximum Gasteiger partial charge on any atom is 0.409 e. The van der Waals surface area contributed by atoms with Crippen LogP contribution in [0.15, 0.2) is 194 Å². The number of piperazine rings is 4. The van der Waals surface area contributed by atoms with Crippen LogP contribution in [0.3, 0.4) is 0 Å². The summed E-state index contributed by atoms with van der Waals surface area (Å²) in [5.41, 5.74) is 6.05. The number of nitrogens with two attached hydrogens (primary N) is 2. The number of rotatable bonds is 22. The molecule has 0 spiro atoms. The zero-order valence-corrected chi connectivity index (χ0v) is 60.4. The normalized spacial score (nSPS) is 16.4. The molecular weight excluding hydrogens is 1420 g/mol. The first-order valence-corrected chi connectivity index (χ1v) is 35.3. The van der Waals surface area contributed by atoms with E-state index in [-0.39, 0.29) is 101 Å². The van der Waals surface area contributed by atoms with E-state index in [1.807, 2.05) is 0 Å². The summed E-state index contributed by atoms with van der Waals surface area (Å²) in [6.45, 7) is 10.1. The van der Waals surface area contributed by atoms with Crippen molar-refractivity contribution in [1.29, 1.82) is 0 Å². The Labute approximate surface area is 624 Å². The van der Waals surface area contributed by atoms with Crippen molar-refractivity contribution in [2.45, 2.75) is 37.3 Å². The molecule has 22 nitrogen and oxygen atoms in total. The number of hydrogen-bond acceptors (Lipinski definition) is 20. The third kappa shape index (κ3) is 23.9. The first-order valence-electron chi connectivity index (χ1n) is 34.6. The Bertz CT molecular complexity index is 3640. The second-order valence-corrected chi connectivity index (χ2v) is 25.7. The van der Waals surface area contributed by atoms with Gasteiger partial charge in [-0.1, -0.05) is 145 Å². The number of nitrogens with zero attached hydrogens (tertiary/aromatic N) is 6. The Hall–Kier alpha value is -9.26. The van der Waals surface area contributed by atoms with Gasteiger partial charge < -0.3 is 58.5 Å². The fraction of sp³-hybridized carbons (Fsp3) is 0.333. The molecule has 4 heterocycles. The fourth-order valence-corrected chi connectivity index (χ4v) is 12.8. The number of amides is 2. The first-order chi connectivity index (χ1) is 51.5. The molecule has 8 aromatic rings. The van der Waals surface area contributed by atoms with E-state index in [2.05, 4.69) is 151 Å². The molecule has 8 aromatic carbocycles. The van der Waals surface area contributed by atoms with Crippen LogP contribution in [0.1, 0.15) is 45.5 Å². The van der Waals surface area contributed by atoms with Crippen LogP contribution in [-0.4, -0.2) is 198 Å². The third-order valence-corrected chi connectivity index (χ3v) is 18.3.